The summed E-state index contributed by atoms with van der Waals surface area (Å²) >= 11 is 1.83. The first-order chi connectivity index (χ1) is 13.8. The maximum atomic E-state index is 5.52. The number of H-pyrrole nitrogens is 1. The van der Waals surface area contributed by atoms with E-state index in [-0.39, 0.29) is 5.92 Å². The van der Waals surface area contributed by atoms with Crippen LogP contribution in [0, 0.1) is 5.92 Å². The number of amidine groups is 1. The molecule has 0 aliphatic carbocycles. The maximum Gasteiger partial charge on any atom is 0.179 e. The summed E-state index contributed by atoms with van der Waals surface area (Å²) in [7, 11) is 0. The van der Waals surface area contributed by atoms with Crippen LogP contribution in [0.2, 0.25) is 0 Å². The number of anilines is 1. The van der Waals surface area contributed by atoms with E-state index in [9.17, 15) is 0 Å². The van der Waals surface area contributed by atoms with Crippen molar-refractivity contribution >= 4 is 29.0 Å². The van der Waals surface area contributed by atoms with Crippen LogP contribution in [0.25, 0.3) is 11.4 Å². The van der Waals surface area contributed by atoms with Gasteiger partial charge in [0.25, 0.3) is 0 Å². The van der Waals surface area contributed by atoms with Crippen LogP contribution < -0.4 is 10.1 Å². The smallest absolute Gasteiger partial charge is 0.179 e. The Morgan fingerprint density at radius 1 is 1.18 bits per heavy atom. The fraction of sp³-hybridized carbons (Fsp3) is 0.200. The van der Waals surface area contributed by atoms with Crippen molar-refractivity contribution in [2.24, 2.45) is 10.9 Å². The third-order valence-electron chi connectivity index (χ3n) is 4.79. The van der Waals surface area contributed by atoms with Crippen molar-refractivity contribution in [3.8, 4) is 17.1 Å². The highest BCUT2D eigenvalue weighted by Gasteiger charge is 2.35. The van der Waals surface area contributed by atoms with Crippen molar-refractivity contribution in [2.45, 2.75) is 12.2 Å². The first-order valence-corrected chi connectivity index (χ1v) is 10.0. The number of thioether (sulfide) groups is 1. The summed E-state index contributed by atoms with van der Waals surface area (Å²) in [6.07, 6.45) is 2.22. The summed E-state index contributed by atoms with van der Waals surface area (Å²) in [6.45, 7) is 2.64. The van der Waals surface area contributed by atoms with Gasteiger partial charge < -0.3 is 10.1 Å². The molecule has 7 nitrogen and oxygen atoms in total. The molecule has 2 aliphatic rings. The van der Waals surface area contributed by atoms with Crippen LogP contribution in [-0.4, -0.2) is 33.1 Å². The number of hydrogen-bond donors (Lipinski definition) is 2. The summed E-state index contributed by atoms with van der Waals surface area (Å²) in [5.74, 6) is 2.67. The third-order valence-corrected chi connectivity index (χ3v) is 5.94. The van der Waals surface area contributed by atoms with Gasteiger partial charge in [-0.2, -0.15) is 0 Å². The molecule has 0 fully saturated rings. The van der Waals surface area contributed by atoms with Crippen LogP contribution in [0.15, 0.2) is 58.9 Å². The van der Waals surface area contributed by atoms with Crippen molar-refractivity contribution in [2.75, 3.05) is 11.9 Å². The number of aliphatic imine (C=N–C) groups is 1. The predicted molar refractivity (Wildman–Crippen MR) is 111 cm³/mol. The summed E-state index contributed by atoms with van der Waals surface area (Å²) in [5, 5.41) is 20.1. The fourth-order valence-electron chi connectivity index (χ4n) is 3.48. The summed E-state index contributed by atoms with van der Waals surface area (Å²) in [4.78, 5) is 4.94. The van der Waals surface area contributed by atoms with Crippen molar-refractivity contribution in [3.05, 3.63) is 59.5 Å². The molecule has 0 radical (unpaired) electrons. The first-order valence-electron chi connectivity index (χ1n) is 9.10. The van der Waals surface area contributed by atoms with Gasteiger partial charge in [-0.25, -0.2) is 10.1 Å². The monoisotopic (exact) mass is 390 g/mol. The third kappa shape index (κ3) is 3.05. The van der Waals surface area contributed by atoms with E-state index in [0.717, 1.165) is 28.5 Å². The molecule has 1 aromatic heterocycles. The zero-order valence-corrected chi connectivity index (χ0v) is 16.0. The molecule has 2 aliphatic heterocycles. The van der Waals surface area contributed by atoms with Crippen LogP contribution in [0.4, 0.5) is 11.4 Å². The lowest BCUT2D eigenvalue weighted by Crippen LogP contribution is -2.26. The maximum absolute atomic E-state index is 5.52. The number of aromatic amines is 1. The minimum Gasteiger partial charge on any atom is -0.494 e. The molecule has 3 heterocycles. The number of ether oxygens (including phenoxy) is 1. The number of fused-ring (bicyclic) bond motifs is 3. The van der Waals surface area contributed by atoms with E-state index < -0.39 is 0 Å². The van der Waals surface area contributed by atoms with Gasteiger partial charge in [0, 0.05) is 16.5 Å². The van der Waals surface area contributed by atoms with Gasteiger partial charge in [-0.1, -0.05) is 18.2 Å². The van der Waals surface area contributed by atoms with Crippen LogP contribution in [0.5, 0.6) is 5.75 Å². The molecule has 0 saturated carbocycles. The molecule has 2 unspecified atom stereocenters. The number of nitrogens with one attached hydrogen (secondary N) is 2. The fourth-order valence-corrected chi connectivity index (χ4v) is 4.64. The lowest BCUT2D eigenvalue weighted by molar-refractivity contribution is 0.340. The normalized spacial score (nSPS) is 19.7. The summed E-state index contributed by atoms with van der Waals surface area (Å²) in [6, 6.07) is 14.2. The van der Waals surface area contributed by atoms with E-state index in [4.69, 9.17) is 9.73 Å². The van der Waals surface area contributed by atoms with Gasteiger partial charge in [0.15, 0.2) is 5.82 Å². The zero-order chi connectivity index (χ0) is 18.9. The van der Waals surface area contributed by atoms with Gasteiger partial charge in [-0.15, -0.1) is 16.9 Å². The molecular formula is C20H18N6OS. The summed E-state index contributed by atoms with van der Waals surface area (Å²) in [5.41, 5.74) is 4.08. The molecule has 5 rings (SSSR count). The molecule has 2 N–H and O–H groups in total. The highest BCUT2D eigenvalue weighted by atomic mass is 32.2. The molecule has 0 amide bonds. The molecule has 0 spiro atoms. The van der Waals surface area contributed by atoms with E-state index in [0.29, 0.717) is 17.7 Å². The van der Waals surface area contributed by atoms with Gasteiger partial charge >= 0.3 is 0 Å². The van der Waals surface area contributed by atoms with Crippen molar-refractivity contribution in [1.29, 1.82) is 0 Å². The number of aromatic nitrogens is 4. The number of nitrogens with zero attached hydrogens (tertiary/aromatic N) is 4. The Labute approximate surface area is 166 Å². The minimum absolute atomic E-state index is 0.224. The lowest BCUT2D eigenvalue weighted by Gasteiger charge is -2.28. The second-order valence-corrected chi connectivity index (χ2v) is 7.57. The molecule has 2 aromatic carbocycles. The number of rotatable bonds is 4. The van der Waals surface area contributed by atoms with E-state index in [1.807, 2.05) is 55.1 Å². The van der Waals surface area contributed by atoms with E-state index in [1.54, 1.807) is 0 Å². The van der Waals surface area contributed by atoms with Gasteiger partial charge in [0.1, 0.15) is 11.6 Å². The Morgan fingerprint density at radius 2 is 2.07 bits per heavy atom. The molecule has 140 valence electrons. The predicted octanol–water partition coefficient (Wildman–Crippen LogP) is 4.34. The second kappa shape index (κ2) is 7.12. The van der Waals surface area contributed by atoms with Gasteiger partial charge in [-0.3, -0.25) is 0 Å². The molecule has 28 heavy (non-hydrogen) atoms. The Morgan fingerprint density at radius 3 is 2.86 bits per heavy atom. The van der Waals surface area contributed by atoms with Crippen molar-refractivity contribution in [3.63, 3.8) is 0 Å². The molecule has 0 saturated heterocycles. The van der Waals surface area contributed by atoms with Crippen molar-refractivity contribution < 1.29 is 4.74 Å². The Balaban J connectivity index is 1.49. The molecule has 2 atom stereocenters. The van der Waals surface area contributed by atoms with Crippen LogP contribution in [0.3, 0.4) is 0 Å². The Kier molecular flexibility index (Phi) is 4.32. The largest absolute Gasteiger partial charge is 0.494 e. The SMILES string of the molecule is CCOc1ccc(NC2=Nc3cc(-c4nnn[nH]4)ccc3C3SC=CC23)cc1. The van der Waals surface area contributed by atoms with Gasteiger partial charge in [-0.05, 0) is 58.7 Å². The van der Waals surface area contributed by atoms with Crippen LogP contribution in [-0.2, 0) is 0 Å². The topological polar surface area (TPSA) is 88.1 Å². The van der Waals surface area contributed by atoms with Gasteiger partial charge in [0.2, 0.25) is 0 Å². The van der Waals surface area contributed by atoms with Crippen LogP contribution >= 0.6 is 11.8 Å². The molecule has 8 heteroatoms. The first kappa shape index (κ1) is 17.0. The lowest BCUT2D eigenvalue weighted by atomic mass is 9.92. The van der Waals surface area contributed by atoms with Crippen LogP contribution in [0.1, 0.15) is 17.7 Å². The van der Waals surface area contributed by atoms with Gasteiger partial charge in [0.05, 0.1) is 18.2 Å². The number of tetrazole rings is 1. The standard InChI is InChI=1S/C20H18N6OS/c1-2-27-14-6-4-13(5-7-14)21-20-16-9-10-28-18(16)15-8-3-12(11-17(15)22-20)19-23-25-26-24-19/h3-11,16,18H,2H2,1H3,(H,21,22)(H,23,24,25,26). The number of hydrogen-bond acceptors (Lipinski definition) is 7. The quantitative estimate of drug-likeness (QED) is 0.689. The number of benzene rings is 2. The van der Waals surface area contributed by atoms with E-state index in [1.165, 1.54) is 5.56 Å². The second-order valence-electron chi connectivity index (χ2n) is 6.51. The average Bonchev–Trinajstić information content (AvgIpc) is 3.42. The highest BCUT2D eigenvalue weighted by molar-refractivity contribution is 8.02. The zero-order valence-electron chi connectivity index (χ0n) is 15.2. The van der Waals surface area contributed by atoms with E-state index >= 15 is 0 Å². The minimum atomic E-state index is 0.224. The van der Waals surface area contributed by atoms with Crippen molar-refractivity contribution in [1.82, 2.24) is 20.6 Å². The molecule has 3 aromatic rings. The molecular weight excluding hydrogens is 372 g/mol. The highest BCUT2D eigenvalue weighted by Crippen LogP contribution is 2.50. The van der Waals surface area contributed by atoms with E-state index in [2.05, 4.69) is 43.5 Å². The Bertz CT molecular complexity index is 1050. The Hall–Kier alpha value is -3.13. The average molecular weight is 390 g/mol. The summed E-state index contributed by atoms with van der Waals surface area (Å²) < 4.78 is 5.52. The molecule has 0 bridgehead atoms.